The number of carbonyl (C=O) groups excluding carboxylic acids is 1. The minimum absolute atomic E-state index is 0.000729. The van der Waals surface area contributed by atoms with Crippen molar-refractivity contribution in [2.24, 2.45) is 23.2 Å². The molecule has 0 atom stereocenters. The van der Waals surface area contributed by atoms with Crippen molar-refractivity contribution < 1.29 is 19.0 Å². The van der Waals surface area contributed by atoms with Gasteiger partial charge in [0.05, 0.1) is 5.41 Å². The van der Waals surface area contributed by atoms with Crippen LogP contribution in [0, 0.1) is 23.2 Å². The van der Waals surface area contributed by atoms with Crippen molar-refractivity contribution in [3.05, 3.63) is 23.8 Å². The van der Waals surface area contributed by atoms with Crippen molar-refractivity contribution in [3.8, 4) is 11.5 Å². The molecular weight excluding hydrogens is 316 g/mol. The Morgan fingerprint density at radius 3 is 2.32 bits per heavy atom. The summed E-state index contributed by atoms with van der Waals surface area (Å²) in [4.78, 5) is 13.0. The summed E-state index contributed by atoms with van der Waals surface area (Å²) < 4.78 is 16.4. The highest BCUT2D eigenvalue weighted by Crippen LogP contribution is 2.60. The molecule has 4 aliphatic rings. The van der Waals surface area contributed by atoms with Crippen molar-refractivity contribution in [1.82, 2.24) is 0 Å². The van der Waals surface area contributed by atoms with Gasteiger partial charge in [0.15, 0.2) is 6.79 Å². The van der Waals surface area contributed by atoms with Crippen LogP contribution in [0.4, 0.5) is 0 Å². The molecular formula is C21H28O4. The van der Waals surface area contributed by atoms with Crippen molar-refractivity contribution in [2.45, 2.75) is 51.9 Å². The normalized spacial score (nSPS) is 32.6. The first-order valence-corrected chi connectivity index (χ1v) is 9.59. The van der Waals surface area contributed by atoms with E-state index in [0.717, 1.165) is 54.7 Å². The molecule has 0 N–H and O–H groups in total. The van der Waals surface area contributed by atoms with E-state index < -0.39 is 0 Å². The number of benzene rings is 1. The van der Waals surface area contributed by atoms with E-state index in [4.69, 9.17) is 14.2 Å². The molecule has 4 saturated carbocycles. The summed E-state index contributed by atoms with van der Waals surface area (Å²) in [7, 11) is 1.60. The molecule has 136 valence electrons. The van der Waals surface area contributed by atoms with Crippen molar-refractivity contribution in [1.29, 1.82) is 0 Å². The molecule has 25 heavy (non-hydrogen) atoms. The van der Waals surface area contributed by atoms with Crippen LogP contribution < -0.4 is 9.47 Å². The summed E-state index contributed by atoms with van der Waals surface area (Å²) in [5.74, 6) is 3.67. The minimum Gasteiger partial charge on any atom is -0.467 e. The monoisotopic (exact) mass is 344 g/mol. The first kappa shape index (κ1) is 16.9. The van der Waals surface area contributed by atoms with Crippen molar-refractivity contribution in [3.63, 3.8) is 0 Å². The van der Waals surface area contributed by atoms with Crippen molar-refractivity contribution >= 4 is 5.97 Å². The van der Waals surface area contributed by atoms with Crippen LogP contribution >= 0.6 is 0 Å². The van der Waals surface area contributed by atoms with E-state index in [9.17, 15) is 4.79 Å². The maximum Gasteiger partial charge on any atom is 0.317 e. The minimum atomic E-state index is -0.216. The molecule has 0 saturated heterocycles. The summed E-state index contributed by atoms with van der Waals surface area (Å²) in [6.45, 7) is 2.29. The average molecular weight is 344 g/mol. The third-order valence-electron chi connectivity index (χ3n) is 6.43. The number of aryl methyl sites for hydroxylation is 1. The molecule has 0 unspecified atom stereocenters. The van der Waals surface area contributed by atoms with E-state index in [0.29, 0.717) is 5.75 Å². The number of ether oxygens (including phenoxy) is 3. The first-order valence-electron chi connectivity index (χ1n) is 9.59. The second-order valence-corrected chi connectivity index (χ2v) is 8.26. The Bertz CT molecular complexity index is 616. The smallest absolute Gasteiger partial charge is 0.317 e. The fraction of sp³-hybridized carbons (Fsp3) is 0.667. The van der Waals surface area contributed by atoms with Crippen molar-refractivity contribution in [2.75, 3.05) is 13.9 Å². The van der Waals surface area contributed by atoms with E-state index in [2.05, 4.69) is 6.92 Å². The van der Waals surface area contributed by atoms with Gasteiger partial charge in [-0.05, 0) is 86.5 Å². The molecule has 0 radical (unpaired) electrons. The first-order chi connectivity index (χ1) is 12.1. The number of hydrogen-bond donors (Lipinski definition) is 0. The standard InChI is InChI=1S/C21H28O4/c1-3-17-9-18(4-5-19(17)24-13-23-2)25-20(22)21-10-14-6-15(11-21)8-16(7-14)12-21/h4-5,9,14-16H,3,6-8,10-13H2,1-2H3. The number of methoxy groups -OCH3 is 1. The second-order valence-electron chi connectivity index (χ2n) is 8.26. The molecule has 0 aliphatic heterocycles. The van der Waals surface area contributed by atoms with Crippen LogP contribution in [-0.4, -0.2) is 19.9 Å². The summed E-state index contributed by atoms with van der Waals surface area (Å²) in [5.41, 5.74) is 0.819. The third kappa shape index (κ3) is 3.17. The maximum absolute atomic E-state index is 13.0. The second kappa shape index (κ2) is 6.64. The molecule has 4 aliphatic carbocycles. The number of carbonyl (C=O) groups is 1. The van der Waals surface area contributed by atoms with Gasteiger partial charge in [-0.25, -0.2) is 0 Å². The van der Waals surface area contributed by atoms with Crippen LogP contribution in [0.3, 0.4) is 0 Å². The highest BCUT2D eigenvalue weighted by molar-refractivity contribution is 5.80. The molecule has 4 nitrogen and oxygen atoms in total. The summed E-state index contributed by atoms with van der Waals surface area (Å²) in [6.07, 6.45) is 7.92. The van der Waals surface area contributed by atoms with Crippen LogP contribution in [-0.2, 0) is 16.0 Å². The molecule has 0 amide bonds. The lowest BCUT2D eigenvalue weighted by molar-refractivity contribution is -0.161. The number of esters is 1. The Labute approximate surface area is 149 Å². The zero-order valence-electron chi connectivity index (χ0n) is 15.3. The van der Waals surface area contributed by atoms with E-state index in [-0.39, 0.29) is 18.2 Å². The lowest BCUT2D eigenvalue weighted by Gasteiger charge is -2.55. The van der Waals surface area contributed by atoms with Gasteiger partial charge in [0.2, 0.25) is 0 Å². The summed E-state index contributed by atoms with van der Waals surface area (Å²) in [6, 6.07) is 5.64. The topological polar surface area (TPSA) is 44.8 Å². The Morgan fingerprint density at radius 1 is 1.12 bits per heavy atom. The zero-order valence-corrected chi connectivity index (χ0v) is 15.3. The fourth-order valence-corrected chi connectivity index (χ4v) is 5.73. The van der Waals surface area contributed by atoms with Gasteiger partial charge in [-0.15, -0.1) is 0 Å². The molecule has 1 aromatic rings. The lowest BCUT2D eigenvalue weighted by Crippen LogP contribution is -2.51. The molecule has 5 rings (SSSR count). The summed E-state index contributed by atoms with van der Waals surface area (Å²) >= 11 is 0. The van der Waals surface area contributed by atoms with Crippen LogP contribution in [0.2, 0.25) is 0 Å². The van der Waals surface area contributed by atoms with Gasteiger partial charge >= 0.3 is 5.97 Å². The quantitative estimate of drug-likeness (QED) is 0.437. The lowest BCUT2D eigenvalue weighted by atomic mass is 9.49. The highest BCUT2D eigenvalue weighted by Gasteiger charge is 2.55. The van der Waals surface area contributed by atoms with Gasteiger partial charge in [-0.2, -0.15) is 0 Å². The molecule has 1 aromatic carbocycles. The predicted octanol–water partition coefficient (Wildman–Crippen LogP) is 4.35. The molecule has 0 aromatic heterocycles. The third-order valence-corrected chi connectivity index (χ3v) is 6.43. The highest BCUT2D eigenvalue weighted by atomic mass is 16.7. The number of hydrogen-bond acceptors (Lipinski definition) is 4. The van der Waals surface area contributed by atoms with E-state index in [1.807, 2.05) is 18.2 Å². The van der Waals surface area contributed by atoms with Gasteiger partial charge in [0, 0.05) is 7.11 Å². The Kier molecular flexibility index (Phi) is 4.48. The van der Waals surface area contributed by atoms with E-state index >= 15 is 0 Å². The molecule has 4 bridgehead atoms. The molecule has 0 heterocycles. The Balaban J connectivity index is 1.49. The van der Waals surface area contributed by atoms with Crippen LogP contribution in [0.5, 0.6) is 11.5 Å². The van der Waals surface area contributed by atoms with E-state index in [1.54, 1.807) is 7.11 Å². The van der Waals surface area contributed by atoms with Gasteiger partial charge in [-0.3, -0.25) is 4.79 Å². The number of rotatable bonds is 6. The van der Waals surface area contributed by atoms with Gasteiger partial charge in [0.25, 0.3) is 0 Å². The zero-order chi connectivity index (χ0) is 17.4. The predicted molar refractivity (Wildman–Crippen MR) is 94.6 cm³/mol. The molecule has 0 spiro atoms. The SMILES string of the molecule is CCc1cc(OC(=O)C23CC4CC(CC(C4)C2)C3)ccc1OCOC. The Hall–Kier alpha value is -1.55. The fourth-order valence-electron chi connectivity index (χ4n) is 5.73. The van der Waals surface area contributed by atoms with Crippen LogP contribution in [0.15, 0.2) is 18.2 Å². The molecule has 4 heteroatoms. The van der Waals surface area contributed by atoms with Crippen LogP contribution in [0.1, 0.15) is 51.0 Å². The average Bonchev–Trinajstić information content (AvgIpc) is 2.59. The van der Waals surface area contributed by atoms with Gasteiger partial charge < -0.3 is 14.2 Å². The Morgan fingerprint density at radius 2 is 1.76 bits per heavy atom. The molecule has 4 fully saturated rings. The van der Waals surface area contributed by atoms with Crippen LogP contribution in [0.25, 0.3) is 0 Å². The van der Waals surface area contributed by atoms with Gasteiger partial charge in [-0.1, -0.05) is 6.92 Å². The maximum atomic E-state index is 13.0. The van der Waals surface area contributed by atoms with Gasteiger partial charge in [0.1, 0.15) is 11.5 Å². The summed E-state index contributed by atoms with van der Waals surface area (Å²) in [5, 5.41) is 0. The largest absolute Gasteiger partial charge is 0.467 e. The van der Waals surface area contributed by atoms with E-state index in [1.165, 1.54) is 19.3 Å².